The zero-order valence-electron chi connectivity index (χ0n) is 13.6. The number of nitro benzene ring substituents is 1. The van der Waals surface area contributed by atoms with Crippen LogP contribution < -0.4 is 5.32 Å². The number of benzene rings is 1. The highest BCUT2D eigenvalue weighted by molar-refractivity contribution is 7.51. The predicted octanol–water partition coefficient (Wildman–Crippen LogP) is 0.482. The van der Waals surface area contributed by atoms with Crippen molar-refractivity contribution in [2.45, 2.75) is 25.4 Å². The van der Waals surface area contributed by atoms with E-state index in [2.05, 4.69) is 15.4 Å². The van der Waals surface area contributed by atoms with Crippen LogP contribution in [-0.2, 0) is 22.3 Å². The molecule has 11 nitrogen and oxygen atoms in total. The molecule has 1 unspecified atom stereocenters. The molecule has 0 radical (unpaired) electrons. The second kappa shape index (κ2) is 8.65. The normalized spacial score (nSPS) is 12.5. The Bertz CT molecular complexity index is 806. The van der Waals surface area contributed by atoms with Crippen molar-refractivity contribution in [1.29, 1.82) is 0 Å². The molecule has 0 aliphatic rings. The van der Waals surface area contributed by atoms with Crippen LogP contribution in [0.2, 0.25) is 0 Å². The third-order valence-corrected chi connectivity index (χ3v) is 4.38. The molecule has 140 valence electrons. The van der Waals surface area contributed by atoms with Crippen molar-refractivity contribution in [3.63, 3.8) is 0 Å². The van der Waals surface area contributed by atoms with Crippen LogP contribution in [0.5, 0.6) is 0 Å². The predicted molar refractivity (Wildman–Crippen MR) is 90.3 cm³/mol. The fourth-order valence-corrected chi connectivity index (χ4v) is 3.15. The van der Waals surface area contributed by atoms with Gasteiger partial charge in [-0.25, -0.2) is 4.98 Å². The summed E-state index contributed by atoms with van der Waals surface area (Å²) in [6.45, 7) is 0.0632. The number of carbonyl (C=O) groups is 1. The lowest BCUT2D eigenvalue weighted by Gasteiger charge is -2.19. The molecule has 1 heterocycles. The average Bonchev–Trinajstić information content (AvgIpc) is 3.04. The van der Waals surface area contributed by atoms with Gasteiger partial charge >= 0.3 is 7.60 Å². The summed E-state index contributed by atoms with van der Waals surface area (Å²) in [5.41, 5.74) is 0.561. The van der Waals surface area contributed by atoms with E-state index in [-0.39, 0.29) is 25.1 Å². The van der Waals surface area contributed by atoms with Crippen molar-refractivity contribution in [2.75, 3.05) is 6.16 Å². The van der Waals surface area contributed by atoms with Crippen molar-refractivity contribution >= 4 is 19.2 Å². The van der Waals surface area contributed by atoms with Gasteiger partial charge in [-0.2, -0.15) is 5.10 Å². The first-order chi connectivity index (χ1) is 12.2. The van der Waals surface area contributed by atoms with Gasteiger partial charge in [-0.05, 0) is 12.0 Å². The maximum absolute atomic E-state index is 12.1. The number of aryl methyl sites for hydroxylation is 1. The SMILES string of the molecule is O=C(CCc1cccc([N+](=O)[O-])c1)NC(Cn1cncn1)CP(=O)(O)O. The van der Waals surface area contributed by atoms with Gasteiger partial charge in [-0.3, -0.25) is 24.2 Å². The molecule has 0 spiro atoms. The second-order valence-corrected chi connectivity index (χ2v) is 7.35. The van der Waals surface area contributed by atoms with Crippen LogP contribution in [0.15, 0.2) is 36.9 Å². The van der Waals surface area contributed by atoms with E-state index in [1.54, 1.807) is 6.07 Å². The van der Waals surface area contributed by atoms with E-state index in [1.165, 1.54) is 35.5 Å². The van der Waals surface area contributed by atoms with Crippen LogP contribution in [0.25, 0.3) is 0 Å². The van der Waals surface area contributed by atoms with Crippen LogP contribution in [0.4, 0.5) is 5.69 Å². The van der Waals surface area contributed by atoms with E-state index in [0.29, 0.717) is 5.56 Å². The molecule has 1 aromatic heterocycles. The Hall–Kier alpha value is -2.62. The van der Waals surface area contributed by atoms with Crippen molar-refractivity contribution < 1.29 is 24.1 Å². The number of nitrogens with one attached hydrogen (secondary N) is 1. The third-order valence-electron chi connectivity index (χ3n) is 3.46. The highest BCUT2D eigenvalue weighted by atomic mass is 31.2. The van der Waals surface area contributed by atoms with E-state index in [9.17, 15) is 29.3 Å². The number of hydrogen-bond donors (Lipinski definition) is 3. The van der Waals surface area contributed by atoms with Gasteiger partial charge in [0, 0.05) is 18.6 Å². The number of non-ortho nitro benzene ring substituents is 1. The number of aromatic nitrogens is 3. The Balaban J connectivity index is 1.94. The number of hydrogen-bond acceptors (Lipinski definition) is 6. The summed E-state index contributed by atoms with van der Waals surface area (Å²) in [5.74, 6) is -0.421. The van der Waals surface area contributed by atoms with Gasteiger partial charge in [0.1, 0.15) is 12.7 Å². The monoisotopic (exact) mass is 383 g/mol. The van der Waals surface area contributed by atoms with Crippen LogP contribution in [-0.4, -0.2) is 47.6 Å². The number of rotatable bonds is 9. The molecule has 0 aliphatic carbocycles. The number of nitro groups is 1. The number of carbonyl (C=O) groups excluding carboxylic acids is 1. The highest BCUT2D eigenvalue weighted by Gasteiger charge is 2.23. The first-order valence-electron chi connectivity index (χ1n) is 7.62. The maximum Gasteiger partial charge on any atom is 0.327 e. The summed E-state index contributed by atoms with van der Waals surface area (Å²) in [4.78, 5) is 44.4. The first kappa shape index (κ1) is 19.7. The van der Waals surface area contributed by atoms with E-state index < -0.39 is 30.6 Å². The van der Waals surface area contributed by atoms with Gasteiger partial charge in [-0.1, -0.05) is 12.1 Å². The van der Waals surface area contributed by atoms with Crippen LogP contribution in [0, 0.1) is 10.1 Å². The van der Waals surface area contributed by atoms with E-state index in [0.717, 1.165) is 0 Å². The van der Waals surface area contributed by atoms with E-state index in [1.807, 2.05) is 0 Å². The van der Waals surface area contributed by atoms with Crippen molar-refractivity contribution in [1.82, 2.24) is 20.1 Å². The molecule has 0 aliphatic heterocycles. The minimum Gasteiger partial charge on any atom is -0.351 e. The van der Waals surface area contributed by atoms with Gasteiger partial charge in [0.2, 0.25) is 5.91 Å². The Morgan fingerprint density at radius 3 is 2.81 bits per heavy atom. The smallest absolute Gasteiger partial charge is 0.327 e. The van der Waals surface area contributed by atoms with Crippen molar-refractivity contribution in [3.05, 3.63) is 52.6 Å². The largest absolute Gasteiger partial charge is 0.351 e. The molecule has 1 aromatic carbocycles. The Kier molecular flexibility index (Phi) is 6.56. The molecule has 2 aromatic rings. The molecule has 0 saturated heterocycles. The third kappa shape index (κ3) is 6.71. The zero-order chi connectivity index (χ0) is 19.2. The summed E-state index contributed by atoms with van der Waals surface area (Å²) in [6.07, 6.45) is 2.41. The lowest BCUT2D eigenvalue weighted by atomic mass is 10.1. The van der Waals surface area contributed by atoms with Crippen LogP contribution in [0.1, 0.15) is 12.0 Å². The van der Waals surface area contributed by atoms with Gasteiger partial charge in [0.15, 0.2) is 0 Å². The average molecular weight is 383 g/mol. The van der Waals surface area contributed by atoms with Crippen molar-refractivity contribution in [2.24, 2.45) is 0 Å². The minimum atomic E-state index is -4.34. The highest BCUT2D eigenvalue weighted by Crippen LogP contribution is 2.35. The number of nitrogens with zero attached hydrogens (tertiary/aromatic N) is 4. The summed E-state index contributed by atoms with van der Waals surface area (Å²) in [6, 6.07) is 5.12. The molecule has 2 rings (SSSR count). The molecule has 1 amide bonds. The van der Waals surface area contributed by atoms with Gasteiger partial charge < -0.3 is 15.1 Å². The fourth-order valence-electron chi connectivity index (χ4n) is 2.37. The summed E-state index contributed by atoms with van der Waals surface area (Å²) in [5, 5.41) is 17.2. The molecule has 3 N–H and O–H groups in total. The van der Waals surface area contributed by atoms with Crippen LogP contribution >= 0.6 is 7.60 Å². The van der Waals surface area contributed by atoms with Gasteiger partial charge in [0.25, 0.3) is 5.69 Å². The molecule has 12 heteroatoms. The van der Waals surface area contributed by atoms with E-state index in [4.69, 9.17) is 0 Å². The van der Waals surface area contributed by atoms with E-state index >= 15 is 0 Å². The molecular formula is C14H18N5O6P. The van der Waals surface area contributed by atoms with Gasteiger partial charge in [-0.15, -0.1) is 0 Å². The maximum atomic E-state index is 12.1. The van der Waals surface area contributed by atoms with Gasteiger partial charge in [0.05, 0.1) is 23.7 Å². The number of amides is 1. The molecular weight excluding hydrogens is 365 g/mol. The Labute approximate surface area is 148 Å². The lowest BCUT2D eigenvalue weighted by Crippen LogP contribution is -2.40. The quantitative estimate of drug-likeness (QED) is 0.320. The lowest BCUT2D eigenvalue weighted by molar-refractivity contribution is -0.384. The topological polar surface area (TPSA) is 160 Å². The zero-order valence-corrected chi connectivity index (χ0v) is 14.5. The second-order valence-electron chi connectivity index (χ2n) is 5.66. The minimum absolute atomic E-state index is 0.0240. The van der Waals surface area contributed by atoms with Crippen LogP contribution in [0.3, 0.4) is 0 Å². The summed E-state index contributed by atoms with van der Waals surface area (Å²) < 4.78 is 12.6. The summed E-state index contributed by atoms with van der Waals surface area (Å²) >= 11 is 0. The molecule has 1 atom stereocenters. The molecule has 26 heavy (non-hydrogen) atoms. The Morgan fingerprint density at radius 2 is 2.19 bits per heavy atom. The fraction of sp³-hybridized carbons (Fsp3) is 0.357. The standard InChI is InChI=1S/C14H18N5O6P/c20-14(5-4-11-2-1-3-13(6-11)19(21)22)17-12(8-26(23,24)25)7-18-10-15-9-16-18/h1-3,6,9-10,12H,4-5,7-8H2,(H,17,20)(H2,23,24,25). The molecule has 0 saturated carbocycles. The Morgan fingerprint density at radius 1 is 1.42 bits per heavy atom. The molecule has 0 bridgehead atoms. The summed E-state index contributed by atoms with van der Waals surface area (Å²) in [7, 11) is -4.34. The van der Waals surface area contributed by atoms with Crippen molar-refractivity contribution in [3.8, 4) is 0 Å². The molecule has 0 fully saturated rings. The first-order valence-corrected chi connectivity index (χ1v) is 9.42.